The van der Waals surface area contributed by atoms with Crippen LogP contribution in [0.15, 0.2) is 0 Å². The van der Waals surface area contributed by atoms with E-state index in [0.29, 0.717) is 6.04 Å². The third-order valence-electron chi connectivity index (χ3n) is 3.95. The molecule has 2 saturated heterocycles. The van der Waals surface area contributed by atoms with Crippen molar-refractivity contribution in [1.29, 1.82) is 0 Å². The van der Waals surface area contributed by atoms with Crippen LogP contribution in [0.4, 0.5) is 4.79 Å². The zero-order chi connectivity index (χ0) is 12.4. The number of carbonyl (C=O) groups is 1. The molecule has 0 aliphatic carbocycles. The van der Waals surface area contributed by atoms with E-state index >= 15 is 0 Å². The summed E-state index contributed by atoms with van der Waals surface area (Å²) in [5, 5.41) is 21.7. The molecule has 2 aliphatic heterocycles. The number of piperidine rings is 1. The Morgan fingerprint density at radius 1 is 1.41 bits per heavy atom. The number of aliphatic hydroxyl groups is 1. The minimum absolute atomic E-state index is 0.204. The number of hydrogen-bond donors (Lipinski definition) is 3. The second-order valence-corrected chi connectivity index (χ2v) is 5.33. The molecule has 0 aromatic heterocycles. The lowest BCUT2D eigenvalue weighted by Gasteiger charge is -2.37. The van der Waals surface area contributed by atoms with E-state index in [9.17, 15) is 9.90 Å². The molecule has 98 valence electrons. The van der Waals surface area contributed by atoms with Gasteiger partial charge in [0.1, 0.15) is 0 Å². The largest absolute Gasteiger partial charge is 0.465 e. The van der Waals surface area contributed by atoms with Gasteiger partial charge >= 0.3 is 6.09 Å². The number of nitrogens with one attached hydrogen (secondary N) is 1. The van der Waals surface area contributed by atoms with E-state index in [-0.39, 0.29) is 18.2 Å². The molecule has 2 bridgehead atoms. The molecule has 2 heterocycles. The summed E-state index contributed by atoms with van der Waals surface area (Å²) < 4.78 is 0. The minimum atomic E-state index is -0.764. The van der Waals surface area contributed by atoms with Crippen LogP contribution in [0.2, 0.25) is 0 Å². The van der Waals surface area contributed by atoms with E-state index in [4.69, 9.17) is 5.11 Å². The summed E-state index contributed by atoms with van der Waals surface area (Å²) in [6, 6.07) is 0.826. The zero-order valence-electron chi connectivity index (χ0n) is 10.3. The Morgan fingerprint density at radius 2 is 2.00 bits per heavy atom. The molecule has 2 rings (SSSR count). The fraction of sp³-hybridized carbons (Fsp3) is 0.917. The third-order valence-corrected chi connectivity index (χ3v) is 3.95. The fourth-order valence-electron chi connectivity index (χ4n) is 3.15. The van der Waals surface area contributed by atoms with Gasteiger partial charge in [0, 0.05) is 18.1 Å². The summed E-state index contributed by atoms with van der Waals surface area (Å²) in [5.41, 5.74) is 0. The van der Waals surface area contributed by atoms with Crippen LogP contribution in [-0.4, -0.2) is 52.0 Å². The Balaban J connectivity index is 1.81. The summed E-state index contributed by atoms with van der Waals surface area (Å²) >= 11 is 0. The highest BCUT2D eigenvalue weighted by molar-refractivity contribution is 5.66. The van der Waals surface area contributed by atoms with Crippen LogP contribution in [-0.2, 0) is 0 Å². The van der Waals surface area contributed by atoms with Crippen molar-refractivity contribution in [1.82, 2.24) is 10.2 Å². The average Bonchev–Trinajstić information content (AvgIpc) is 2.50. The van der Waals surface area contributed by atoms with E-state index in [2.05, 4.69) is 5.32 Å². The summed E-state index contributed by atoms with van der Waals surface area (Å²) in [4.78, 5) is 12.7. The van der Waals surface area contributed by atoms with Crippen LogP contribution in [0.1, 0.15) is 39.0 Å². The predicted molar refractivity (Wildman–Crippen MR) is 64.0 cm³/mol. The van der Waals surface area contributed by atoms with Crippen LogP contribution < -0.4 is 5.32 Å². The Bertz CT molecular complexity index is 269. The number of nitrogens with zero attached hydrogens (tertiary/aromatic N) is 1. The molecule has 2 fully saturated rings. The van der Waals surface area contributed by atoms with Crippen LogP contribution in [0.3, 0.4) is 0 Å². The first kappa shape index (κ1) is 12.6. The smallest absolute Gasteiger partial charge is 0.407 e. The molecule has 1 amide bonds. The van der Waals surface area contributed by atoms with Gasteiger partial charge < -0.3 is 20.4 Å². The Morgan fingerprint density at radius 3 is 2.47 bits per heavy atom. The lowest BCUT2D eigenvalue weighted by molar-refractivity contribution is 0.0913. The van der Waals surface area contributed by atoms with Gasteiger partial charge in [-0.05, 0) is 45.6 Å². The Hall–Kier alpha value is -0.810. The van der Waals surface area contributed by atoms with Gasteiger partial charge in [-0.15, -0.1) is 0 Å². The van der Waals surface area contributed by atoms with Gasteiger partial charge in [0.25, 0.3) is 0 Å². The molecule has 5 nitrogen and oxygen atoms in total. The number of rotatable bonds is 4. The van der Waals surface area contributed by atoms with E-state index in [1.54, 1.807) is 11.8 Å². The highest BCUT2D eigenvalue weighted by Gasteiger charge is 2.43. The van der Waals surface area contributed by atoms with Gasteiger partial charge in [0.05, 0.1) is 6.10 Å². The molecule has 0 spiro atoms. The summed E-state index contributed by atoms with van der Waals surface area (Å²) in [6.07, 6.45) is 3.58. The first-order valence-corrected chi connectivity index (χ1v) is 6.50. The number of amides is 1. The first-order chi connectivity index (χ1) is 8.08. The van der Waals surface area contributed by atoms with Crippen molar-refractivity contribution >= 4 is 6.09 Å². The lowest BCUT2D eigenvalue weighted by Crippen LogP contribution is -2.51. The molecule has 4 atom stereocenters. The fourth-order valence-corrected chi connectivity index (χ4v) is 3.15. The van der Waals surface area contributed by atoms with Gasteiger partial charge in [-0.1, -0.05) is 0 Å². The number of aliphatic hydroxyl groups excluding tert-OH is 1. The van der Waals surface area contributed by atoms with Crippen molar-refractivity contribution in [3.8, 4) is 0 Å². The molecule has 17 heavy (non-hydrogen) atoms. The van der Waals surface area contributed by atoms with E-state index in [0.717, 1.165) is 38.6 Å². The van der Waals surface area contributed by atoms with Crippen molar-refractivity contribution in [3.05, 3.63) is 0 Å². The number of hydrogen-bond acceptors (Lipinski definition) is 3. The molecule has 2 aliphatic rings. The molecule has 5 heteroatoms. The molecular weight excluding hydrogens is 220 g/mol. The maximum Gasteiger partial charge on any atom is 0.407 e. The van der Waals surface area contributed by atoms with Gasteiger partial charge in [-0.2, -0.15) is 0 Å². The van der Waals surface area contributed by atoms with Gasteiger partial charge in [0.2, 0.25) is 0 Å². The summed E-state index contributed by atoms with van der Waals surface area (Å²) in [5.74, 6) is 0. The van der Waals surface area contributed by atoms with E-state index in [1.807, 2.05) is 0 Å². The van der Waals surface area contributed by atoms with Crippen LogP contribution in [0.25, 0.3) is 0 Å². The second kappa shape index (κ2) is 5.23. The standard InChI is InChI=1S/C12H22N2O3/c1-8(15)4-5-13-9-6-10-2-3-11(7-9)14(10)12(16)17/h8-11,13,15H,2-7H2,1H3,(H,16,17)/t8?,9?,10-,11+. The topological polar surface area (TPSA) is 72.8 Å². The highest BCUT2D eigenvalue weighted by atomic mass is 16.4. The minimum Gasteiger partial charge on any atom is -0.465 e. The molecule has 2 unspecified atom stereocenters. The maximum absolute atomic E-state index is 11.1. The Labute approximate surface area is 102 Å². The molecule has 0 radical (unpaired) electrons. The van der Waals surface area contributed by atoms with Crippen molar-refractivity contribution in [2.45, 2.75) is 63.3 Å². The van der Waals surface area contributed by atoms with Crippen molar-refractivity contribution < 1.29 is 15.0 Å². The summed E-state index contributed by atoms with van der Waals surface area (Å²) in [6.45, 7) is 2.60. The molecule has 0 aromatic carbocycles. The monoisotopic (exact) mass is 242 g/mol. The van der Waals surface area contributed by atoms with Gasteiger partial charge in [-0.3, -0.25) is 0 Å². The van der Waals surface area contributed by atoms with Crippen LogP contribution in [0.5, 0.6) is 0 Å². The normalized spacial score (nSPS) is 33.8. The molecular formula is C12H22N2O3. The molecule has 0 saturated carbocycles. The zero-order valence-corrected chi connectivity index (χ0v) is 10.3. The molecule has 3 N–H and O–H groups in total. The predicted octanol–water partition coefficient (Wildman–Crippen LogP) is 1.02. The quantitative estimate of drug-likeness (QED) is 0.688. The SMILES string of the molecule is CC(O)CCNC1C[C@H]2CC[C@@H](C1)N2C(=O)O. The van der Waals surface area contributed by atoms with Crippen molar-refractivity contribution in [3.63, 3.8) is 0 Å². The first-order valence-electron chi connectivity index (χ1n) is 6.50. The van der Waals surface area contributed by atoms with Crippen molar-refractivity contribution in [2.75, 3.05) is 6.54 Å². The highest BCUT2D eigenvalue weighted by Crippen LogP contribution is 2.35. The lowest BCUT2D eigenvalue weighted by atomic mass is 9.97. The number of carboxylic acid groups (broad SMARTS) is 1. The Kier molecular flexibility index (Phi) is 3.89. The van der Waals surface area contributed by atoms with Gasteiger partial charge in [0.15, 0.2) is 0 Å². The average molecular weight is 242 g/mol. The van der Waals surface area contributed by atoms with Gasteiger partial charge in [-0.25, -0.2) is 4.79 Å². The van der Waals surface area contributed by atoms with Crippen LogP contribution in [0, 0.1) is 0 Å². The van der Waals surface area contributed by atoms with Crippen molar-refractivity contribution in [2.24, 2.45) is 0 Å². The van der Waals surface area contributed by atoms with E-state index in [1.165, 1.54) is 0 Å². The number of fused-ring (bicyclic) bond motifs is 2. The summed E-state index contributed by atoms with van der Waals surface area (Å²) in [7, 11) is 0. The molecule has 0 aromatic rings. The maximum atomic E-state index is 11.1. The third kappa shape index (κ3) is 2.90. The van der Waals surface area contributed by atoms with Crippen LogP contribution >= 0.6 is 0 Å². The van der Waals surface area contributed by atoms with E-state index < -0.39 is 6.09 Å². The second-order valence-electron chi connectivity index (χ2n) is 5.33.